The second kappa shape index (κ2) is 15.2. The quantitative estimate of drug-likeness (QED) is 0.132. The SMILES string of the molecule is CN[C@H](C(=O)N1CCC[C@H]1c1ncc(-c2ccc(-c3oc4ccc(-c5cnc([C@@H]6CCCN6C(=O)CNC(=O)OC)[nH]5)cc4c(=O)c3O)cc2)[nH]1)C(C)C. The molecule has 15 nitrogen and oxygen atoms in total. The van der Waals surface area contributed by atoms with Crippen molar-refractivity contribution in [2.24, 2.45) is 5.92 Å². The molecular weight excluding hydrogens is 692 g/mol. The van der Waals surface area contributed by atoms with Crippen molar-refractivity contribution in [3.05, 3.63) is 76.7 Å². The number of ether oxygens (including phenoxy) is 1. The van der Waals surface area contributed by atoms with Crippen LogP contribution in [0.15, 0.2) is 64.1 Å². The standard InChI is InChI=1S/C39H44N8O7/c1-21(2)32(40-3)38(51)47-16-6-8-29(47)37-41-18-26(44-37)22-9-11-23(12-10-22)35-34(50)33(49)25-17-24(13-14-30(25)54-35)27-19-42-36(45-27)28-7-5-15-46(28)31(48)20-43-39(52)53-4/h9-14,17-19,21,28-29,32,40,50H,5-8,15-16,20H2,1-4H3,(H,41,44)(H,42,45)(H,43,52)/t28-,29-,32-/m0/s1. The molecule has 0 saturated carbocycles. The predicted molar refractivity (Wildman–Crippen MR) is 200 cm³/mol. The minimum absolute atomic E-state index is 0.0537. The van der Waals surface area contributed by atoms with Gasteiger partial charge in [-0.3, -0.25) is 14.4 Å². The van der Waals surface area contributed by atoms with Gasteiger partial charge in [0.1, 0.15) is 23.8 Å². The van der Waals surface area contributed by atoms with Crippen LogP contribution in [0.3, 0.4) is 0 Å². The van der Waals surface area contributed by atoms with Gasteiger partial charge in [-0.05, 0) is 62.4 Å². The Bertz CT molecular complexity index is 2240. The van der Waals surface area contributed by atoms with Crippen LogP contribution in [0, 0.1) is 5.92 Å². The molecule has 5 heterocycles. The number of amides is 3. The van der Waals surface area contributed by atoms with Gasteiger partial charge in [-0.2, -0.15) is 0 Å². The first kappa shape index (κ1) is 36.4. The molecule has 7 rings (SSSR count). The number of aromatic amines is 2. The number of nitrogens with one attached hydrogen (secondary N) is 4. The molecular formula is C39H44N8O7. The van der Waals surface area contributed by atoms with Crippen LogP contribution < -0.4 is 16.1 Å². The van der Waals surface area contributed by atoms with Crippen molar-refractivity contribution in [1.29, 1.82) is 0 Å². The summed E-state index contributed by atoms with van der Waals surface area (Å²) < 4.78 is 10.7. The van der Waals surface area contributed by atoms with E-state index in [1.54, 1.807) is 47.6 Å². The lowest BCUT2D eigenvalue weighted by molar-refractivity contribution is -0.135. The Morgan fingerprint density at radius 2 is 1.52 bits per heavy atom. The molecule has 2 saturated heterocycles. The third-order valence-electron chi connectivity index (χ3n) is 10.4. The molecule has 0 bridgehead atoms. The zero-order chi connectivity index (χ0) is 38.1. The summed E-state index contributed by atoms with van der Waals surface area (Å²) in [5, 5.41) is 16.8. The van der Waals surface area contributed by atoms with E-state index in [0.29, 0.717) is 47.7 Å². The van der Waals surface area contributed by atoms with Crippen LogP contribution in [0.25, 0.3) is 44.8 Å². The highest BCUT2D eigenvalue weighted by Gasteiger charge is 2.36. The first-order valence-corrected chi connectivity index (χ1v) is 18.2. The van der Waals surface area contributed by atoms with Gasteiger partial charge in [0.15, 0.2) is 5.76 Å². The molecule has 0 unspecified atom stereocenters. The highest BCUT2D eigenvalue weighted by atomic mass is 16.5. The van der Waals surface area contributed by atoms with E-state index in [1.807, 2.05) is 37.9 Å². The summed E-state index contributed by atoms with van der Waals surface area (Å²) in [6.07, 6.45) is 5.95. The van der Waals surface area contributed by atoms with Gasteiger partial charge in [0.2, 0.25) is 23.0 Å². The summed E-state index contributed by atoms with van der Waals surface area (Å²) in [7, 11) is 3.05. The highest BCUT2D eigenvalue weighted by Crippen LogP contribution is 2.36. The number of alkyl carbamates (subject to hydrolysis) is 1. The van der Waals surface area contributed by atoms with Crippen LogP contribution in [0.5, 0.6) is 5.75 Å². The van der Waals surface area contributed by atoms with Crippen LogP contribution in [0.2, 0.25) is 0 Å². The summed E-state index contributed by atoms with van der Waals surface area (Å²) >= 11 is 0. The maximum Gasteiger partial charge on any atom is 0.407 e. The van der Waals surface area contributed by atoms with Crippen molar-refractivity contribution in [1.82, 2.24) is 40.4 Å². The zero-order valence-electron chi connectivity index (χ0n) is 30.6. The van der Waals surface area contributed by atoms with E-state index in [0.717, 1.165) is 36.3 Å². The first-order chi connectivity index (χ1) is 26.1. The monoisotopic (exact) mass is 736 g/mol. The van der Waals surface area contributed by atoms with Gasteiger partial charge in [0, 0.05) is 24.2 Å². The number of rotatable bonds is 10. The zero-order valence-corrected chi connectivity index (χ0v) is 30.6. The van der Waals surface area contributed by atoms with Gasteiger partial charge in [-0.1, -0.05) is 38.1 Å². The lowest BCUT2D eigenvalue weighted by atomic mass is 10.0. The van der Waals surface area contributed by atoms with Gasteiger partial charge in [0.25, 0.3) is 0 Å². The van der Waals surface area contributed by atoms with Crippen molar-refractivity contribution in [2.75, 3.05) is 33.8 Å². The summed E-state index contributed by atoms with van der Waals surface area (Å²) in [6, 6.07) is 11.7. The van der Waals surface area contributed by atoms with Gasteiger partial charge in [-0.25, -0.2) is 14.8 Å². The summed E-state index contributed by atoms with van der Waals surface area (Å²) in [6.45, 7) is 5.10. The Labute approximate surface area is 311 Å². The summed E-state index contributed by atoms with van der Waals surface area (Å²) in [5.41, 5.74) is 3.16. The number of imidazole rings is 2. The largest absolute Gasteiger partial charge is 0.502 e. The number of methoxy groups -OCH3 is 1. The lowest BCUT2D eigenvalue weighted by Crippen LogP contribution is -2.47. The molecule has 3 amide bonds. The Hall–Kier alpha value is -5.96. The van der Waals surface area contributed by atoms with Gasteiger partial charge in [0.05, 0.1) is 54.4 Å². The summed E-state index contributed by atoms with van der Waals surface area (Å²) in [4.78, 5) is 70.5. The van der Waals surface area contributed by atoms with E-state index >= 15 is 0 Å². The van der Waals surface area contributed by atoms with Crippen LogP contribution in [-0.2, 0) is 14.3 Å². The number of fused-ring (bicyclic) bond motifs is 1. The number of nitrogens with zero attached hydrogens (tertiary/aromatic N) is 4. The molecule has 3 aromatic heterocycles. The fraction of sp³-hybridized carbons (Fsp3) is 0.385. The van der Waals surface area contributed by atoms with Crippen molar-refractivity contribution >= 4 is 28.9 Å². The molecule has 2 aromatic carbocycles. The molecule has 2 fully saturated rings. The number of benzene rings is 2. The predicted octanol–water partition coefficient (Wildman–Crippen LogP) is 4.87. The van der Waals surface area contributed by atoms with Gasteiger partial charge >= 0.3 is 6.09 Å². The molecule has 54 heavy (non-hydrogen) atoms. The second-order valence-corrected chi connectivity index (χ2v) is 14.1. The number of likely N-dealkylation sites (tertiary alicyclic amines) is 2. The maximum absolute atomic E-state index is 13.5. The van der Waals surface area contributed by atoms with E-state index in [9.17, 15) is 24.3 Å². The molecule has 0 aliphatic carbocycles. The minimum atomic E-state index is -0.678. The van der Waals surface area contributed by atoms with Crippen LogP contribution in [0.4, 0.5) is 4.79 Å². The Morgan fingerprint density at radius 3 is 2.15 bits per heavy atom. The number of carbonyl (C=O) groups excluding carboxylic acids is 3. The molecule has 2 aliphatic rings. The first-order valence-electron chi connectivity index (χ1n) is 18.2. The van der Waals surface area contributed by atoms with Gasteiger partial charge < -0.3 is 44.7 Å². The molecule has 0 radical (unpaired) electrons. The number of carbonyl (C=O) groups is 3. The fourth-order valence-electron chi connectivity index (χ4n) is 7.56. The molecule has 5 N–H and O–H groups in total. The van der Waals surface area contributed by atoms with Crippen LogP contribution >= 0.6 is 0 Å². The average Bonchev–Trinajstić information content (AvgIpc) is 4.02. The number of likely N-dealkylation sites (N-methyl/N-ethyl adjacent to an activating group) is 1. The fourth-order valence-corrected chi connectivity index (χ4v) is 7.56. The highest BCUT2D eigenvalue weighted by molar-refractivity contribution is 5.86. The van der Waals surface area contributed by atoms with E-state index in [1.165, 1.54) is 7.11 Å². The number of aromatic hydroxyl groups is 1. The molecule has 3 atom stereocenters. The van der Waals surface area contributed by atoms with Crippen molar-refractivity contribution in [3.63, 3.8) is 0 Å². The molecule has 15 heteroatoms. The van der Waals surface area contributed by atoms with Crippen molar-refractivity contribution in [3.8, 4) is 39.6 Å². The Morgan fingerprint density at radius 1 is 0.926 bits per heavy atom. The maximum atomic E-state index is 13.5. The summed E-state index contributed by atoms with van der Waals surface area (Å²) in [5.74, 6) is 0.874. The van der Waals surface area contributed by atoms with E-state index in [-0.39, 0.29) is 53.5 Å². The van der Waals surface area contributed by atoms with Crippen molar-refractivity contribution < 1.29 is 28.6 Å². The molecule has 0 spiro atoms. The Kier molecular flexibility index (Phi) is 10.2. The van der Waals surface area contributed by atoms with Crippen molar-refractivity contribution in [2.45, 2.75) is 57.7 Å². The third-order valence-corrected chi connectivity index (χ3v) is 10.4. The van der Waals surface area contributed by atoms with E-state index in [4.69, 9.17) is 4.42 Å². The number of aromatic nitrogens is 4. The van der Waals surface area contributed by atoms with Crippen LogP contribution in [0.1, 0.15) is 63.3 Å². The second-order valence-electron chi connectivity index (χ2n) is 14.1. The lowest BCUT2D eigenvalue weighted by Gasteiger charge is -2.29. The minimum Gasteiger partial charge on any atom is -0.502 e. The molecule has 282 valence electrons. The Balaban J connectivity index is 1.07. The number of hydrogen-bond donors (Lipinski definition) is 5. The number of H-pyrrole nitrogens is 2. The normalized spacial score (nSPS) is 17.7. The van der Waals surface area contributed by atoms with Crippen LogP contribution in [-0.4, -0.2) is 92.6 Å². The van der Waals surface area contributed by atoms with E-state index < -0.39 is 17.3 Å². The molecule has 2 aliphatic heterocycles. The molecule has 5 aromatic rings. The number of hydrogen-bond acceptors (Lipinski definition) is 10. The van der Waals surface area contributed by atoms with E-state index in [2.05, 4.69) is 35.3 Å². The smallest absolute Gasteiger partial charge is 0.407 e. The third kappa shape index (κ3) is 6.94. The van der Waals surface area contributed by atoms with Gasteiger partial charge in [-0.15, -0.1) is 0 Å². The topological polar surface area (TPSA) is 199 Å². The average molecular weight is 737 g/mol.